The number of nitrogens with two attached hydrogens (primary N) is 1. The van der Waals surface area contributed by atoms with E-state index in [0.717, 1.165) is 4.47 Å². The average molecular weight is 481 g/mol. The molecule has 1 amide bonds. The summed E-state index contributed by atoms with van der Waals surface area (Å²) >= 11 is 3.33. The van der Waals surface area contributed by atoms with Crippen LogP contribution in [-0.2, 0) is 29.1 Å². The van der Waals surface area contributed by atoms with E-state index in [9.17, 15) is 22.8 Å². The van der Waals surface area contributed by atoms with Crippen molar-refractivity contribution in [3.05, 3.63) is 58.6 Å². The van der Waals surface area contributed by atoms with Gasteiger partial charge < -0.3 is 4.74 Å². The van der Waals surface area contributed by atoms with E-state index in [-0.39, 0.29) is 17.2 Å². The second-order valence-corrected chi connectivity index (χ2v) is 8.78. The number of hydrogen-bond donors (Lipinski definition) is 1. The molecule has 10 heteroatoms. The Balaban J connectivity index is 2.12. The fourth-order valence-corrected chi connectivity index (χ4v) is 3.99. The van der Waals surface area contributed by atoms with E-state index in [0.29, 0.717) is 5.56 Å². The largest absolute Gasteiger partial charge is 0.465 e. The predicted molar refractivity (Wildman–Crippen MR) is 107 cm³/mol. The van der Waals surface area contributed by atoms with Gasteiger partial charge in [-0.05, 0) is 48.9 Å². The minimum Gasteiger partial charge on any atom is -0.465 e. The molecule has 152 valence electrons. The Morgan fingerprint density at radius 2 is 1.69 bits per heavy atom. The lowest BCUT2D eigenvalue weighted by molar-refractivity contribution is -0.152. The molecule has 2 aromatic carbocycles. The third-order valence-corrected chi connectivity index (χ3v) is 5.96. The van der Waals surface area contributed by atoms with Gasteiger partial charge in [0.05, 0.1) is 17.5 Å². The predicted octanol–water partition coefficient (Wildman–Crippen LogP) is 1.93. The number of rotatable bonds is 5. The number of nitrogens with zero attached hydrogens (tertiary/aromatic N) is 1. The van der Waals surface area contributed by atoms with Gasteiger partial charge in [0.1, 0.15) is 5.92 Å². The molecule has 1 heterocycles. The van der Waals surface area contributed by atoms with Gasteiger partial charge >= 0.3 is 5.97 Å². The van der Waals surface area contributed by atoms with E-state index in [1.54, 1.807) is 31.2 Å². The highest BCUT2D eigenvalue weighted by atomic mass is 79.9. The van der Waals surface area contributed by atoms with Crippen LogP contribution in [0.15, 0.2) is 57.9 Å². The first-order valence-electron chi connectivity index (χ1n) is 8.57. The van der Waals surface area contributed by atoms with Gasteiger partial charge in [-0.2, -0.15) is 0 Å². The molecular weight excluding hydrogens is 464 g/mol. The van der Waals surface area contributed by atoms with Crippen LogP contribution >= 0.6 is 15.9 Å². The number of ether oxygens (including phenoxy) is 1. The Labute approximate surface area is 175 Å². The van der Waals surface area contributed by atoms with Crippen LogP contribution in [0, 0.1) is 5.92 Å². The summed E-state index contributed by atoms with van der Waals surface area (Å²) < 4.78 is 28.8. The molecule has 0 unspecified atom stereocenters. The Hall–Kier alpha value is -2.56. The second kappa shape index (κ2) is 8.05. The highest BCUT2D eigenvalue weighted by Crippen LogP contribution is 2.40. The molecule has 0 radical (unpaired) electrons. The van der Waals surface area contributed by atoms with Crippen LogP contribution in [0.1, 0.15) is 18.5 Å². The number of halogens is 1. The normalized spacial score (nSPS) is 19.5. The number of anilines is 1. The van der Waals surface area contributed by atoms with Gasteiger partial charge in [-0.25, -0.2) is 13.6 Å². The van der Waals surface area contributed by atoms with Crippen LogP contribution in [-0.4, -0.2) is 32.7 Å². The molecule has 1 aliphatic heterocycles. The molecule has 0 aliphatic carbocycles. The smallest absolute Gasteiger partial charge is 0.319 e. The van der Waals surface area contributed by atoms with Gasteiger partial charge in [-0.3, -0.25) is 19.3 Å². The number of hydrogen-bond acceptors (Lipinski definition) is 6. The maximum Gasteiger partial charge on any atom is 0.319 e. The lowest BCUT2D eigenvalue weighted by Gasteiger charge is -2.27. The Kier molecular flexibility index (Phi) is 5.87. The molecule has 0 bridgehead atoms. The molecule has 0 saturated carbocycles. The molecule has 2 N–H and O–H groups in total. The summed E-state index contributed by atoms with van der Waals surface area (Å²) in [6, 6.07) is 11.1. The van der Waals surface area contributed by atoms with Crippen molar-refractivity contribution in [2.75, 3.05) is 11.5 Å². The van der Waals surface area contributed by atoms with Crippen molar-refractivity contribution in [2.24, 2.45) is 11.1 Å². The first-order valence-corrected chi connectivity index (χ1v) is 10.9. The summed E-state index contributed by atoms with van der Waals surface area (Å²) in [5, 5.41) is 5.11. The molecule has 1 saturated heterocycles. The van der Waals surface area contributed by atoms with Crippen LogP contribution in [0.2, 0.25) is 0 Å². The molecule has 2 aromatic rings. The minimum atomic E-state index is -3.92. The SMILES string of the molecule is CCOC(=O)[C@@H]1C(=O)C(=O)N(c2ccc(S(N)(=O)=O)cc2)[C@H]1c1ccc(Br)cc1. The highest BCUT2D eigenvalue weighted by molar-refractivity contribution is 9.10. The van der Waals surface area contributed by atoms with Crippen LogP contribution < -0.4 is 10.0 Å². The molecule has 3 rings (SSSR count). The molecule has 1 fully saturated rings. The third-order valence-electron chi connectivity index (χ3n) is 4.50. The van der Waals surface area contributed by atoms with E-state index >= 15 is 0 Å². The van der Waals surface area contributed by atoms with Gasteiger partial charge in [0, 0.05) is 10.2 Å². The number of carbonyl (C=O) groups excluding carboxylic acids is 3. The quantitative estimate of drug-likeness (QED) is 0.396. The maximum atomic E-state index is 12.8. The van der Waals surface area contributed by atoms with Crippen molar-refractivity contribution >= 4 is 49.3 Å². The summed E-state index contributed by atoms with van der Waals surface area (Å²) in [7, 11) is -3.92. The molecule has 29 heavy (non-hydrogen) atoms. The number of ketones is 1. The number of carbonyl (C=O) groups is 3. The standard InChI is InChI=1S/C19H17BrN2O6S/c1-2-28-19(25)15-16(11-3-5-12(20)6-4-11)22(18(24)17(15)23)13-7-9-14(10-8-13)29(21,26)27/h3-10,15-16H,2H2,1H3,(H2,21,26,27)/t15-,16-/m0/s1. The molecule has 0 aromatic heterocycles. The van der Waals surface area contributed by atoms with Gasteiger partial charge in [0.25, 0.3) is 5.91 Å². The average Bonchev–Trinajstić information content (AvgIpc) is 2.93. The second-order valence-electron chi connectivity index (χ2n) is 6.30. The lowest BCUT2D eigenvalue weighted by atomic mass is 9.93. The zero-order valence-electron chi connectivity index (χ0n) is 15.2. The maximum absolute atomic E-state index is 12.8. The summed E-state index contributed by atoms with van der Waals surface area (Å²) in [5.74, 6) is -3.88. The van der Waals surface area contributed by atoms with Gasteiger partial charge in [-0.1, -0.05) is 28.1 Å². The van der Waals surface area contributed by atoms with Gasteiger partial charge in [0.15, 0.2) is 0 Å². The third kappa shape index (κ3) is 4.09. The van der Waals surface area contributed by atoms with Crippen molar-refractivity contribution in [1.29, 1.82) is 0 Å². The molecule has 8 nitrogen and oxygen atoms in total. The number of amides is 1. The van der Waals surface area contributed by atoms with Crippen LogP contribution in [0.5, 0.6) is 0 Å². The van der Waals surface area contributed by atoms with Crippen molar-refractivity contribution < 1.29 is 27.5 Å². The lowest BCUT2D eigenvalue weighted by Crippen LogP contribution is -2.31. The van der Waals surface area contributed by atoms with Crippen LogP contribution in [0.25, 0.3) is 0 Å². The fourth-order valence-electron chi connectivity index (χ4n) is 3.21. The Bertz CT molecular complexity index is 1070. The summed E-state index contributed by atoms with van der Waals surface area (Å²) in [6.07, 6.45) is 0. The van der Waals surface area contributed by atoms with Gasteiger partial charge in [0.2, 0.25) is 15.8 Å². The fraction of sp³-hybridized carbons (Fsp3) is 0.211. The number of sulfonamides is 1. The van der Waals surface area contributed by atoms with Crippen molar-refractivity contribution in [2.45, 2.75) is 17.9 Å². The Morgan fingerprint density at radius 3 is 2.21 bits per heavy atom. The van der Waals surface area contributed by atoms with E-state index in [2.05, 4.69) is 15.9 Å². The number of Topliss-reactive ketones (excluding diaryl/α,β-unsaturated/α-hetero) is 1. The number of esters is 1. The first-order chi connectivity index (χ1) is 13.6. The Morgan fingerprint density at radius 1 is 1.10 bits per heavy atom. The first kappa shape index (κ1) is 21.2. The molecular formula is C19H17BrN2O6S. The monoisotopic (exact) mass is 480 g/mol. The van der Waals surface area contributed by atoms with E-state index in [4.69, 9.17) is 9.88 Å². The molecule has 0 spiro atoms. The van der Waals surface area contributed by atoms with Crippen molar-refractivity contribution in [3.8, 4) is 0 Å². The summed E-state index contributed by atoms with van der Waals surface area (Å²) in [4.78, 5) is 39.0. The topological polar surface area (TPSA) is 124 Å². The number of primary sulfonamides is 1. The van der Waals surface area contributed by atoms with E-state index in [1.807, 2.05) is 0 Å². The zero-order valence-corrected chi connectivity index (χ0v) is 17.6. The van der Waals surface area contributed by atoms with Crippen LogP contribution in [0.4, 0.5) is 5.69 Å². The van der Waals surface area contributed by atoms with Crippen LogP contribution in [0.3, 0.4) is 0 Å². The molecule has 1 aliphatic rings. The highest BCUT2D eigenvalue weighted by Gasteiger charge is 2.53. The van der Waals surface area contributed by atoms with E-state index < -0.39 is 39.6 Å². The van der Waals surface area contributed by atoms with Crippen molar-refractivity contribution in [1.82, 2.24) is 0 Å². The molecule has 2 atom stereocenters. The van der Waals surface area contributed by atoms with Crippen molar-refractivity contribution in [3.63, 3.8) is 0 Å². The van der Waals surface area contributed by atoms with E-state index in [1.165, 1.54) is 29.2 Å². The zero-order chi connectivity index (χ0) is 21.3. The number of benzene rings is 2. The summed E-state index contributed by atoms with van der Waals surface area (Å²) in [5.41, 5.74) is 0.816. The minimum absolute atomic E-state index is 0.0624. The van der Waals surface area contributed by atoms with Gasteiger partial charge in [-0.15, -0.1) is 0 Å². The summed E-state index contributed by atoms with van der Waals surface area (Å²) in [6.45, 7) is 1.67.